The van der Waals surface area contributed by atoms with Gasteiger partial charge < -0.3 is 19.7 Å². The van der Waals surface area contributed by atoms with E-state index in [4.69, 9.17) is 9.47 Å². The SMILES string of the molecule is COc1ccc(OC)c(CC(=O)Nc2ccc(-n3ccnc3P(=O)(O)c3ccccc3)cc2)c1. The van der Waals surface area contributed by atoms with Crippen molar-refractivity contribution in [1.82, 2.24) is 9.55 Å². The number of rotatable bonds is 8. The summed E-state index contributed by atoms with van der Waals surface area (Å²) in [5.41, 5.74) is 2.00. The molecular formula is C25H24N3O5P. The van der Waals surface area contributed by atoms with Gasteiger partial charge in [0.15, 0.2) is 0 Å². The third-order valence-electron chi connectivity index (χ3n) is 5.27. The highest BCUT2D eigenvalue weighted by atomic mass is 31.2. The second-order valence-electron chi connectivity index (χ2n) is 7.46. The summed E-state index contributed by atoms with van der Waals surface area (Å²) in [4.78, 5) is 27.5. The lowest BCUT2D eigenvalue weighted by Gasteiger charge is -2.14. The molecule has 0 radical (unpaired) electrons. The highest BCUT2D eigenvalue weighted by molar-refractivity contribution is 7.73. The third kappa shape index (κ3) is 4.88. The van der Waals surface area contributed by atoms with Crippen LogP contribution < -0.4 is 25.7 Å². The Morgan fingerprint density at radius 3 is 2.44 bits per heavy atom. The molecule has 0 saturated heterocycles. The van der Waals surface area contributed by atoms with Gasteiger partial charge in [-0.05, 0) is 54.6 Å². The van der Waals surface area contributed by atoms with Crippen molar-refractivity contribution in [3.8, 4) is 17.2 Å². The number of imidazole rings is 1. The van der Waals surface area contributed by atoms with Crippen molar-refractivity contribution in [3.05, 3.63) is 90.8 Å². The molecule has 2 N–H and O–H groups in total. The number of carbonyl (C=O) groups excluding carboxylic acids is 1. The van der Waals surface area contributed by atoms with Crippen LogP contribution in [0.2, 0.25) is 0 Å². The molecule has 0 aliphatic carbocycles. The lowest BCUT2D eigenvalue weighted by atomic mass is 10.1. The molecule has 8 nitrogen and oxygen atoms in total. The van der Waals surface area contributed by atoms with Gasteiger partial charge in [0.05, 0.1) is 20.6 Å². The van der Waals surface area contributed by atoms with E-state index in [2.05, 4.69) is 10.3 Å². The summed E-state index contributed by atoms with van der Waals surface area (Å²) < 4.78 is 25.3. The minimum Gasteiger partial charge on any atom is -0.497 e. The largest absolute Gasteiger partial charge is 0.497 e. The minimum atomic E-state index is -3.88. The first-order valence-corrected chi connectivity index (χ1v) is 12.1. The van der Waals surface area contributed by atoms with Gasteiger partial charge in [-0.15, -0.1) is 0 Å². The van der Waals surface area contributed by atoms with Gasteiger partial charge in [-0.2, -0.15) is 0 Å². The predicted molar refractivity (Wildman–Crippen MR) is 131 cm³/mol. The van der Waals surface area contributed by atoms with E-state index in [9.17, 15) is 14.3 Å². The standard InChI is InChI=1S/C25H24N3O5P/c1-32-21-12-13-23(33-2)18(16-21)17-24(29)27-19-8-10-20(11-9-19)28-15-14-26-25(28)34(30,31)22-6-4-3-5-7-22/h3-16H,17H2,1-2H3,(H,27,29)(H,30,31). The van der Waals surface area contributed by atoms with Crippen LogP contribution >= 0.6 is 7.37 Å². The Balaban J connectivity index is 1.51. The van der Waals surface area contributed by atoms with E-state index in [1.165, 1.54) is 6.20 Å². The first kappa shape index (κ1) is 23.3. The maximum absolute atomic E-state index is 13.2. The third-order valence-corrected chi connectivity index (χ3v) is 7.14. The zero-order valence-electron chi connectivity index (χ0n) is 18.7. The zero-order valence-corrected chi connectivity index (χ0v) is 19.6. The monoisotopic (exact) mass is 477 g/mol. The molecule has 174 valence electrons. The molecule has 4 aromatic rings. The molecule has 4 rings (SSSR count). The van der Waals surface area contributed by atoms with Crippen LogP contribution in [0.15, 0.2) is 85.2 Å². The van der Waals surface area contributed by atoms with Gasteiger partial charge in [-0.3, -0.25) is 13.9 Å². The number of hydrogen-bond acceptors (Lipinski definition) is 5. The fraction of sp³-hybridized carbons (Fsp3) is 0.120. The van der Waals surface area contributed by atoms with Gasteiger partial charge in [0.1, 0.15) is 11.5 Å². The molecule has 1 amide bonds. The first-order valence-electron chi connectivity index (χ1n) is 10.5. The van der Waals surface area contributed by atoms with E-state index in [0.717, 1.165) is 0 Å². The molecule has 0 aliphatic heterocycles. The predicted octanol–water partition coefficient (Wildman–Crippen LogP) is 3.29. The molecule has 0 bridgehead atoms. The summed E-state index contributed by atoms with van der Waals surface area (Å²) in [5, 5.41) is 3.16. The minimum absolute atomic E-state index is 0.0561. The van der Waals surface area contributed by atoms with Crippen molar-refractivity contribution >= 4 is 29.8 Å². The fourth-order valence-electron chi connectivity index (χ4n) is 3.57. The Morgan fingerprint density at radius 2 is 1.76 bits per heavy atom. The van der Waals surface area contributed by atoms with Crippen molar-refractivity contribution in [2.24, 2.45) is 0 Å². The molecule has 1 unspecified atom stereocenters. The summed E-state index contributed by atoms with van der Waals surface area (Å²) in [7, 11) is -0.766. The lowest BCUT2D eigenvalue weighted by Crippen LogP contribution is -2.24. The van der Waals surface area contributed by atoms with E-state index < -0.39 is 7.37 Å². The number of nitrogens with one attached hydrogen (secondary N) is 1. The number of anilines is 1. The Labute approximate surface area is 197 Å². The van der Waals surface area contributed by atoms with Crippen molar-refractivity contribution in [2.75, 3.05) is 19.5 Å². The van der Waals surface area contributed by atoms with Crippen LogP contribution in [0.25, 0.3) is 5.69 Å². The van der Waals surface area contributed by atoms with Gasteiger partial charge in [0.2, 0.25) is 11.5 Å². The van der Waals surface area contributed by atoms with E-state index in [-0.39, 0.29) is 17.9 Å². The number of nitrogens with zero attached hydrogens (tertiary/aromatic N) is 2. The molecule has 0 spiro atoms. The Kier molecular flexibility index (Phi) is 6.82. The number of benzene rings is 3. The van der Waals surface area contributed by atoms with Gasteiger partial charge in [0.25, 0.3) is 7.37 Å². The second kappa shape index (κ2) is 9.95. The molecule has 1 heterocycles. The molecule has 3 aromatic carbocycles. The smallest absolute Gasteiger partial charge is 0.293 e. The summed E-state index contributed by atoms with van der Waals surface area (Å²) >= 11 is 0. The Bertz CT molecular complexity index is 1340. The van der Waals surface area contributed by atoms with E-state index in [0.29, 0.717) is 33.7 Å². The quantitative estimate of drug-likeness (QED) is 0.378. The topological polar surface area (TPSA) is 103 Å². The molecule has 0 fully saturated rings. The van der Waals surface area contributed by atoms with Crippen LogP contribution in [-0.2, 0) is 15.8 Å². The number of amides is 1. The number of aromatic nitrogens is 2. The fourth-order valence-corrected chi connectivity index (χ4v) is 5.08. The van der Waals surface area contributed by atoms with Crippen LogP contribution in [0.1, 0.15) is 5.56 Å². The lowest BCUT2D eigenvalue weighted by molar-refractivity contribution is -0.115. The van der Waals surface area contributed by atoms with Crippen molar-refractivity contribution in [3.63, 3.8) is 0 Å². The maximum atomic E-state index is 13.2. The van der Waals surface area contributed by atoms with E-state index in [1.807, 2.05) is 0 Å². The average molecular weight is 477 g/mol. The normalized spacial score (nSPS) is 12.6. The molecule has 0 saturated carbocycles. The Hall–Kier alpha value is -3.87. The number of methoxy groups -OCH3 is 2. The van der Waals surface area contributed by atoms with Crippen LogP contribution in [0, 0.1) is 0 Å². The van der Waals surface area contributed by atoms with E-state index >= 15 is 0 Å². The zero-order chi connectivity index (χ0) is 24.1. The van der Waals surface area contributed by atoms with Gasteiger partial charge in [-0.25, -0.2) is 4.98 Å². The second-order valence-corrected chi connectivity index (χ2v) is 9.53. The number of carbonyl (C=O) groups is 1. The van der Waals surface area contributed by atoms with E-state index in [1.54, 1.807) is 97.8 Å². The van der Waals surface area contributed by atoms with Crippen LogP contribution in [0.4, 0.5) is 5.69 Å². The highest BCUT2D eigenvalue weighted by Crippen LogP contribution is 2.37. The van der Waals surface area contributed by atoms with Crippen molar-refractivity contribution in [1.29, 1.82) is 0 Å². The maximum Gasteiger partial charge on any atom is 0.293 e. The highest BCUT2D eigenvalue weighted by Gasteiger charge is 2.29. The molecule has 1 atom stereocenters. The van der Waals surface area contributed by atoms with Crippen LogP contribution in [0.5, 0.6) is 11.5 Å². The molecular weight excluding hydrogens is 453 g/mol. The van der Waals surface area contributed by atoms with Crippen LogP contribution in [0.3, 0.4) is 0 Å². The molecule has 1 aromatic heterocycles. The number of hydrogen-bond donors (Lipinski definition) is 2. The van der Waals surface area contributed by atoms with Gasteiger partial charge in [-0.1, -0.05) is 18.2 Å². The Morgan fingerprint density at radius 1 is 1.03 bits per heavy atom. The van der Waals surface area contributed by atoms with Crippen LogP contribution in [-0.4, -0.2) is 34.6 Å². The molecule has 0 aliphatic rings. The summed E-state index contributed by atoms with van der Waals surface area (Å²) in [5.74, 6) is 1.03. The van der Waals surface area contributed by atoms with Crippen molar-refractivity contribution in [2.45, 2.75) is 6.42 Å². The summed E-state index contributed by atoms with van der Waals surface area (Å²) in [6.07, 6.45) is 3.22. The number of ether oxygens (including phenoxy) is 2. The molecule has 34 heavy (non-hydrogen) atoms. The average Bonchev–Trinajstić information content (AvgIpc) is 3.36. The van der Waals surface area contributed by atoms with Crippen molar-refractivity contribution < 1.29 is 23.7 Å². The molecule has 9 heteroatoms. The summed E-state index contributed by atoms with van der Waals surface area (Å²) in [6.45, 7) is 0. The summed E-state index contributed by atoms with van der Waals surface area (Å²) in [6, 6.07) is 20.7. The van der Waals surface area contributed by atoms with Gasteiger partial charge in [0, 0.05) is 34.6 Å². The van der Waals surface area contributed by atoms with Gasteiger partial charge >= 0.3 is 0 Å². The first-order chi connectivity index (χ1) is 16.4.